The van der Waals surface area contributed by atoms with Crippen LogP contribution in [-0.2, 0) is 19.3 Å². The normalized spacial score (nSPS) is 11.5. The number of hydrogen-bond acceptors (Lipinski definition) is 0. The van der Waals surface area contributed by atoms with Crippen LogP contribution >= 0.6 is 0 Å². The summed E-state index contributed by atoms with van der Waals surface area (Å²) < 4.78 is 0. The average molecular weight is 683 g/mol. The molecule has 52 heavy (non-hydrogen) atoms. The molecule has 6 rings (SSSR count). The number of aryl methyl sites for hydroxylation is 9. The Morgan fingerprint density at radius 3 is 0.827 bits per heavy atom. The maximum absolute atomic E-state index is 2.56. The van der Waals surface area contributed by atoms with Gasteiger partial charge in [0.1, 0.15) is 0 Å². The third-order valence-electron chi connectivity index (χ3n) is 12.4. The molecule has 0 aliphatic rings. The Morgan fingerprint density at radius 1 is 0.288 bits per heavy atom. The Labute approximate surface area is 315 Å². The van der Waals surface area contributed by atoms with E-state index in [4.69, 9.17) is 0 Å². The highest BCUT2D eigenvalue weighted by atomic mass is 14.3. The summed E-state index contributed by atoms with van der Waals surface area (Å²) in [5.41, 5.74) is 29.2. The number of rotatable bonds is 9. The Balaban J connectivity index is 1.58. The van der Waals surface area contributed by atoms with Crippen LogP contribution in [0.25, 0.3) is 0 Å². The van der Waals surface area contributed by atoms with Gasteiger partial charge in [-0.15, -0.1) is 0 Å². The van der Waals surface area contributed by atoms with Crippen LogP contribution in [0.15, 0.2) is 91.0 Å². The molecule has 0 unspecified atom stereocenters. The van der Waals surface area contributed by atoms with Crippen LogP contribution in [0, 0.1) is 83.1 Å². The summed E-state index contributed by atoms with van der Waals surface area (Å²) in [5.74, 6) is 0.105. The Hall–Kier alpha value is -4.68. The monoisotopic (exact) mass is 682 g/mol. The fourth-order valence-corrected chi connectivity index (χ4v) is 8.38. The number of benzene rings is 6. The lowest BCUT2D eigenvalue weighted by Gasteiger charge is -2.28. The zero-order chi connectivity index (χ0) is 37.4. The van der Waals surface area contributed by atoms with Crippen LogP contribution in [0.1, 0.15) is 123 Å². The fraction of sp³-hybridized carbons (Fsp3) is 0.308. The van der Waals surface area contributed by atoms with E-state index >= 15 is 0 Å². The van der Waals surface area contributed by atoms with Gasteiger partial charge < -0.3 is 0 Å². The topological polar surface area (TPSA) is 0 Å². The first-order chi connectivity index (χ1) is 24.7. The van der Waals surface area contributed by atoms with E-state index in [2.05, 4.69) is 174 Å². The molecule has 0 aliphatic heterocycles. The highest BCUT2D eigenvalue weighted by molar-refractivity contribution is 5.57. The third kappa shape index (κ3) is 7.45. The first kappa shape index (κ1) is 37.1. The lowest BCUT2D eigenvalue weighted by Crippen LogP contribution is -2.13. The summed E-state index contributed by atoms with van der Waals surface area (Å²) in [6.45, 7) is 27.4. The van der Waals surface area contributed by atoms with Crippen molar-refractivity contribution < 1.29 is 0 Å². The van der Waals surface area contributed by atoms with Gasteiger partial charge >= 0.3 is 0 Å². The SMILES string of the molecule is Cc1cc(C)c(C(c2cc(Cc3cccc(C)c3C)c(C)cc2C)c2cc(Cc3cccc(C)c3C)c(C)cc2C)cc1Cc1cccc(C)c1C. The minimum absolute atomic E-state index is 0.105. The van der Waals surface area contributed by atoms with Gasteiger partial charge in [-0.1, -0.05) is 91.0 Å². The zero-order valence-electron chi connectivity index (χ0n) is 33.9. The van der Waals surface area contributed by atoms with E-state index in [-0.39, 0.29) is 5.92 Å². The van der Waals surface area contributed by atoms with Gasteiger partial charge in [-0.25, -0.2) is 0 Å². The van der Waals surface area contributed by atoms with Gasteiger partial charge in [-0.2, -0.15) is 0 Å². The molecule has 0 heterocycles. The molecular weight excluding hydrogens is 625 g/mol. The summed E-state index contributed by atoms with van der Waals surface area (Å²) in [6.07, 6.45) is 2.82. The fourth-order valence-electron chi connectivity index (χ4n) is 8.38. The van der Waals surface area contributed by atoms with Gasteiger partial charge in [-0.05, 0) is 219 Å². The maximum Gasteiger partial charge on any atom is 0.0348 e. The van der Waals surface area contributed by atoms with Crippen LogP contribution in [0.2, 0.25) is 0 Å². The molecule has 0 amide bonds. The molecular formula is C52H58. The van der Waals surface area contributed by atoms with Crippen molar-refractivity contribution >= 4 is 0 Å². The lowest BCUT2D eigenvalue weighted by atomic mass is 9.76. The lowest BCUT2D eigenvalue weighted by molar-refractivity contribution is 0.912. The second kappa shape index (κ2) is 15.1. The molecule has 0 nitrogen and oxygen atoms in total. The van der Waals surface area contributed by atoms with Crippen molar-refractivity contribution in [2.24, 2.45) is 0 Å². The Morgan fingerprint density at radius 2 is 0.558 bits per heavy atom. The quantitative estimate of drug-likeness (QED) is 0.133. The standard InChI is InChI=1S/C52H58/c1-31-16-13-19-43(40(31)10)25-46-28-49(37(7)22-34(46)4)52(50-29-47(35(5)23-38(50)8)26-44-20-14-17-32(2)41(44)11)51-30-48(36(6)24-39(51)9)27-45-21-15-18-33(3)42(45)12/h13-24,28-30,52H,25-27H2,1-12H3. The highest BCUT2D eigenvalue weighted by Gasteiger charge is 2.26. The van der Waals surface area contributed by atoms with Gasteiger partial charge in [0.25, 0.3) is 0 Å². The van der Waals surface area contributed by atoms with E-state index in [0.717, 1.165) is 19.3 Å². The predicted octanol–water partition coefficient (Wildman–Crippen LogP) is 13.3. The van der Waals surface area contributed by atoms with Crippen molar-refractivity contribution in [3.8, 4) is 0 Å². The van der Waals surface area contributed by atoms with Crippen molar-refractivity contribution in [3.05, 3.63) is 208 Å². The van der Waals surface area contributed by atoms with E-state index in [9.17, 15) is 0 Å². The molecule has 0 aliphatic carbocycles. The minimum atomic E-state index is 0.105. The molecule has 0 N–H and O–H groups in total. The molecule has 0 spiro atoms. The average Bonchev–Trinajstić information content (AvgIpc) is 3.09. The molecule has 0 heteroatoms. The van der Waals surface area contributed by atoms with Crippen LogP contribution < -0.4 is 0 Å². The second-order valence-corrected chi connectivity index (χ2v) is 15.9. The highest BCUT2D eigenvalue weighted by Crippen LogP contribution is 2.41. The molecule has 266 valence electrons. The van der Waals surface area contributed by atoms with Crippen LogP contribution in [0.4, 0.5) is 0 Å². The van der Waals surface area contributed by atoms with E-state index in [0.29, 0.717) is 0 Å². The maximum atomic E-state index is 2.56. The molecule has 0 bridgehead atoms. The summed E-state index contributed by atoms with van der Waals surface area (Å²) in [7, 11) is 0. The minimum Gasteiger partial charge on any atom is -0.0617 e. The summed E-state index contributed by atoms with van der Waals surface area (Å²) >= 11 is 0. The van der Waals surface area contributed by atoms with Gasteiger partial charge in [0, 0.05) is 5.92 Å². The number of hydrogen-bond donors (Lipinski definition) is 0. The van der Waals surface area contributed by atoms with Crippen LogP contribution in [0.5, 0.6) is 0 Å². The molecule has 0 saturated heterocycles. The van der Waals surface area contributed by atoms with Crippen molar-refractivity contribution in [3.63, 3.8) is 0 Å². The van der Waals surface area contributed by atoms with Crippen molar-refractivity contribution in [2.75, 3.05) is 0 Å². The molecule has 0 fully saturated rings. The van der Waals surface area contributed by atoms with E-state index in [1.807, 2.05) is 0 Å². The summed E-state index contributed by atoms with van der Waals surface area (Å²) in [5, 5.41) is 0. The van der Waals surface area contributed by atoms with Gasteiger partial charge in [0.2, 0.25) is 0 Å². The Bertz CT molecular complexity index is 2030. The van der Waals surface area contributed by atoms with Crippen molar-refractivity contribution in [2.45, 2.75) is 108 Å². The first-order valence-electron chi connectivity index (χ1n) is 19.2. The predicted molar refractivity (Wildman–Crippen MR) is 225 cm³/mol. The van der Waals surface area contributed by atoms with Gasteiger partial charge in [0.15, 0.2) is 0 Å². The molecule has 0 radical (unpaired) electrons. The molecule has 6 aromatic carbocycles. The Kier molecular flexibility index (Phi) is 10.8. The molecule has 0 atom stereocenters. The van der Waals surface area contributed by atoms with Crippen molar-refractivity contribution in [1.29, 1.82) is 0 Å². The first-order valence-corrected chi connectivity index (χ1v) is 19.2. The van der Waals surface area contributed by atoms with E-state index < -0.39 is 0 Å². The van der Waals surface area contributed by atoms with Gasteiger partial charge in [0.05, 0.1) is 0 Å². The van der Waals surface area contributed by atoms with Crippen LogP contribution in [0.3, 0.4) is 0 Å². The smallest absolute Gasteiger partial charge is 0.0348 e. The summed E-state index contributed by atoms with van der Waals surface area (Å²) in [6, 6.07) is 35.3. The zero-order valence-corrected chi connectivity index (χ0v) is 33.9. The molecule has 6 aromatic rings. The van der Waals surface area contributed by atoms with E-state index in [1.165, 1.54) is 117 Å². The summed E-state index contributed by atoms with van der Waals surface area (Å²) in [4.78, 5) is 0. The van der Waals surface area contributed by atoms with Crippen LogP contribution in [-0.4, -0.2) is 0 Å². The molecule has 0 aromatic heterocycles. The van der Waals surface area contributed by atoms with E-state index in [1.54, 1.807) is 0 Å². The van der Waals surface area contributed by atoms with Gasteiger partial charge in [-0.3, -0.25) is 0 Å². The van der Waals surface area contributed by atoms with Crippen molar-refractivity contribution in [1.82, 2.24) is 0 Å². The second-order valence-electron chi connectivity index (χ2n) is 15.9. The molecule has 0 saturated carbocycles. The largest absolute Gasteiger partial charge is 0.0617 e. The third-order valence-corrected chi connectivity index (χ3v) is 12.4.